The first kappa shape index (κ1) is 23.5. The number of benzene rings is 4. The number of carbonyl (C=O) groups is 2. The summed E-state index contributed by atoms with van der Waals surface area (Å²) >= 11 is 0. The molecule has 1 unspecified atom stereocenters. The van der Waals surface area contributed by atoms with Crippen LogP contribution in [-0.4, -0.2) is 24.6 Å². The van der Waals surface area contributed by atoms with Crippen LogP contribution in [0.2, 0.25) is 0 Å². The van der Waals surface area contributed by atoms with E-state index in [4.69, 9.17) is 9.47 Å². The van der Waals surface area contributed by atoms with Gasteiger partial charge in [-0.15, -0.1) is 0 Å². The lowest BCUT2D eigenvalue weighted by Crippen LogP contribution is -2.45. The summed E-state index contributed by atoms with van der Waals surface area (Å²) in [7, 11) is 0. The van der Waals surface area contributed by atoms with Gasteiger partial charge < -0.3 is 9.47 Å². The third-order valence-corrected chi connectivity index (χ3v) is 6.64. The Hall–Kier alpha value is -4.22. The van der Waals surface area contributed by atoms with Gasteiger partial charge in [0.05, 0.1) is 0 Å². The molecule has 0 amide bonds. The normalized spacial score (nSPS) is 17.2. The second kappa shape index (κ2) is 10.6. The molecule has 0 spiro atoms. The standard InChI is InChI=1S/C31H27NO4/c33-29(27(24-15-7-2-8-16-24)32-21-23-13-5-1-6-14-23)36-28-30(34)35-22-31(28,25-17-9-3-10-18-25)26-19-11-4-12-20-26/h1-20,27-28,32H,21-22H2/t27?,28-/m0/s1. The topological polar surface area (TPSA) is 64.6 Å². The van der Waals surface area contributed by atoms with Gasteiger partial charge in [0.2, 0.25) is 6.10 Å². The average molecular weight is 478 g/mol. The third kappa shape index (κ3) is 4.66. The summed E-state index contributed by atoms with van der Waals surface area (Å²) in [4.78, 5) is 26.8. The summed E-state index contributed by atoms with van der Waals surface area (Å²) in [5, 5.41) is 3.32. The van der Waals surface area contributed by atoms with Crippen molar-refractivity contribution in [1.82, 2.24) is 5.32 Å². The fraction of sp³-hybridized carbons (Fsp3) is 0.161. The molecule has 1 heterocycles. The van der Waals surface area contributed by atoms with E-state index < -0.39 is 29.5 Å². The Bertz CT molecular complexity index is 1250. The van der Waals surface area contributed by atoms with Crippen LogP contribution in [0.5, 0.6) is 0 Å². The molecule has 5 rings (SSSR count). The molecule has 2 atom stereocenters. The Labute approximate surface area is 210 Å². The lowest BCUT2D eigenvalue weighted by molar-refractivity contribution is -0.163. The van der Waals surface area contributed by atoms with E-state index in [1.54, 1.807) is 0 Å². The van der Waals surface area contributed by atoms with Crippen LogP contribution < -0.4 is 5.32 Å². The highest BCUT2D eigenvalue weighted by molar-refractivity contribution is 5.86. The SMILES string of the molecule is O=C(O[C@H]1C(=O)OCC1(c1ccccc1)c1ccccc1)C(NCc1ccccc1)c1ccccc1. The van der Waals surface area contributed by atoms with Gasteiger partial charge in [-0.1, -0.05) is 121 Å². The van der Waals surface area contributed by atoms with Crippen molar-refractivity contribution in [2.45, 2.75) is 24.1 Å². The van der Waals surface area contributed by atoms with Gasteiger partial charge in [0.1, 0.15) is 18.1 Å². The summed E-state index contributed by atoms with van der Waals surface area (Å²) in [6.07, 6.45) is -1.13. The highest BCUT2D eigenvalue weighted by Gasteiger charge is 2.55. The van der Waals surface area contributed by atoms with Gasteiger partial charge in [-0.2, -0.15) is 0 Å². The molecule has 180 valence electrons. The molecule has 0 radical (unpaired) electrons. The van der Waals surface area contributed by atoms with Crippen LogP contribution in [0.3, 0.4) is 0 Å². The minimum Gasteiger partial charge on any atom is -0.461 e. The molecule has 1 aliphatic rings. The lowest BCUT2D eigenvalue weighted by Gasteiger charge is -2.33. The molecular weight excluding hydrogens is 450 g/mol. The molecule has 36 heavy (non-hydrogen) atoms. The first-order valence-corrected chi connectivity index (χ1v) is 12.0. The molecule has 0 aliphatic carbocycles. The van der Waals surface area contributed by atoms with Crippen LogP contribution in [0.1, 0.15) is 28.3 Å². The highest BCUT2D eigenvalue weighted by atomic mass is 16.6. The number of hydrogen-bond donors (Lipinski definition) is 1. The van der Waals surface area contributed by atoms with E-state index in [1.807, 2.05) is 121 Å². The van der Waals surface area contributed by atoms with E-state index in [-0.39, 0.29) is 6.61 Å². The molecule has 4 aromatic carbocycles. The number of nitrogens with one attached hydrogen (secondary N) is 1. The number of rotatable bonds is 8. The van der Waals surface area contributed by atoms with Gasteiger partial charge in [-0.3, -0.25) is 5.32 Å². The molecule has 0 aromatic heterocycles. The van der Waals surface area contributed by atoms with Crippen LogP contribution >= 0.6 is 0 Å². The lowest BCUT2D eigenvalue weighted by atomic mass is 9.72. The maximum atomic E-state index is 13.7. The largest absolute Gasteiger partial charge is 0.461 e. The first-order valence-electron chi connectivity index (χ1n) is 12.0. The predicted molar refractivity (Wildman–Crippen MR) is 137 cm³/mol. The number of hydrogen-bond acceptors (Lipinski definition) is 5. The summed E-state index contributed by atoms with van der Waals surface area (Å²) in [5.74, 6) is -1.08. The number of ether oxygens (including phenoxy) is 2. The summed E-state index contributed by atoms with van der Waals surface area (Å²) in [5.41, 5.74) is 2.56. The van der Waals surface area contributed by atoms with Crippen molar-refractivity contribution in [3.8, 4) is 0 Å². The van der Waals surface area contributed by atoms with Crippen molar-refractivity contribution in [2.75, 3.05) is 6.61 Å². The minimum absolute atomic E-state index is 0.0885. The number of carbonyl (C=O) groups excluding carboxylic acids is 2. The number of esters is 2. The first-order chi connectivity index (χ1) is 17.7. The fourth-order valence-corrected chi connectivity index (χ4v) is 4.78. The Balaban J connectivity index is 1.49. The van der Waals surface area contributed by atoms with Gasteiger partial charge in [-0.05, 0) is 22.3 Å². The van der Waals surface area contributed by atoms with Gasteiger partial charge in [0.15, 0.2) is 0 Å². The molecule has 1 N–H and O–H groups in total. The molecular formula is C31H27NO4. The van der Waals surface area contributed by atoms with Crippen molar-refractivity contribution < 1.29 is 19.1 Å². The average Bonchev–Trinajstić information content (AvgIpc) is 3.27. The molecule has 1 aliphatic heterocycles. The Morgan fingerprint density at radius 1 is 0.806 bits per heavy atom. The molecule has 1 saturated heterocycles. The zero-order valence-corrected chi connectivity index (χ0v) is 19.7. The molecule has 5 nitrogen and oxygen atoms in total. The zero-order valence-electron chi connectivity index (χ0n) is 19.7. The van der Waals surface area contributed by atoms with Gasteiger partial charge in [0.25, 0.3) is 0 Å². The summed E-state index contributed by atoms with van der Waals surface area (Å²) in [6, 6.07) is 37.7. The maximum absolute atomic E-state index is 13.7. The van der Waals surface area contributed by atoms with Crippen molar-refractivity contribution in [1.29, 1.82) is 0 Å². The van der Waals surface area contributed by atoms with Crippen molar-refractivity contribution in [2.24, 2.45) is 0 Å². The van der Waals surface area contributed by atoms with E-state index in [0.717, 1.165) is 22.3 Å². The maximum Gasteiger partial charge on any atom is 0.348 e. The van der Waals surface area contributed by atoms with Crippen LogP contribution in [0.15, 0.2) is 121 Å². The Morgan fingerprint density at radius 2 is 1.31 bits per heavy atom. The molecule has 4 aromatic rings. The van der Waals surface area contributed by atoms with E-state index in [1.165, 1.54) is 0 Å². The smallest absolute Gasteiger partial charge is 0.348 e. The van der Waals surface area contributed by atoms with Crippen molar-refractivity contribution >= 4 is 11.9 Å². The number of cyclic esters (lactones) is 1. The van der Waals surface area contributed by atoms with E-state index in [0.29, 0.717) is 6.54 Å². The molecule has 0 bridgehead atoms. The molecule has 5 heteroatoms. The highest BCUT2D eigenvalue weighted by Crippen LogP contribution is 2.42. The van der Waals surface area contributed by atoms with Crippen molar-refractivity contribution in [3.63, 3.8) is 0 Å². The Kier molecular flexibility index (Phi) is 6.92. The van der Waals surface area contributed by atoms with Crippen LogP contribution in [-0.2, 0) is 31.0 Å². The summed E-state index contributed by atoms with van der Waals surface area (Å²) in [6.45, 7) is 0.554. The molecule has 1 fully saturated rings. The summed E-state index contributed by atoms with van der Waals surface area (Å²) < 4.78 is 11.6. The quantitative estimate of drug-likeness (QED) is 0.363. The van der Waals surface area contributed by atoms with Crippen molar-refractivity contribution in [3.05, 3.63) is 144 Å². The van der Waals surface area contributed by atoms with Crippen LogP contribution in [0, 0.1) is 0 Å². The monoisotopic (exact) mass is 477 g/mol. The van der Waals surface area contributed by atoms with Gasteiger partial charge in [-0.25, -0.2) is 9.59 Å². The third-order valence-electron chi connectivity index (χ3n) is 6.64. The van der Waals surface area contributed by atoms with E-state index in [2.05, 4.69) is 5.32 Å². The van der Waals surface area contributed by atoms with E-state index >= 15 is 0 Å². The second-order valence-corrected chi connectivity index (χ2v) is 8.84. The fourth-order valence-electron chi connectivity index (χ4n) is 4.78. The zero-order chi connectivity index (χ0) is 24.8. The van der Waals surface area contributed by atoms with Crippen LogP contribution in [0.4, 0.5) is 0 Å². The van der Waals surface area contributed by atoms with Gasteiger partial charge >= 0.3 is 11.9 Å². The van der Waals surface area contributed by atoms with Gasteiger partial charge in [0, 0.05) is 6.54 Å². The minimum atomic E-state index is -1.13. The molecule has 0 saturated carbocycles. The van der Waals surface area contributed by atoms with Crippen LogP contribution in [0.25, 0.3) is 0 Å². The predicted octanol–water partition coefficient (Wildman–Crippen LogP) is 4.97. The Morgan fingerprint density at radius 3 is 1.86 bits per heavy atom. The second-order valence-electron chi connectivity index (χ2n) is 8.84. The van der Waals surface area contributed by atoms with E-state index in [9.17, 15) is 9.59 Å².